The summed E-state index contributed by atoms with van der Waals surface area (Å²) in [5.74, 6) is 0.911. The lowest BCUT2D eigenvalue weighted by Gasteiger charge is -2.34. The minimum Gasteiger partial charge on any atom is -0.366 e. The highest BCUT2D eigenvalue weighted by Gasteiger charge is 2.22. The molecule has 0 bridgehead atoms. The normalized spacial score (nSPS) is 22.8. The number of likely N-dealkylation sites (N-methyl/N-ethyl adjacent to an activating group) is 1. The number of amides is 1. The van der Waals surface area contributed by atoms with Crippen LogP contribution >= 0.6 is 0 Å². The number of carbonyl (C=O) groups is 1. The monoisotopic (exact) mass is 319 g/mol. The molecule has 3 rings (SSSR count). The molecule has 1 atom stereocenters. The van der Waals surface area contributed by atoms with Crippen LogP contribution < -0.4 is 15.5 Å². The fourth-order valence-corrected chi connectivity index (χ4v) is 2.90. The summed E-state index contributed by atoms with van der Waals surface area (Å²) in [5, 5.41) is 6.15. The number of ether oxygens (including phenoxy) is 1. The molecular weight excluding hydrogens is 294 g/mol. The third kappa shape index (κ3) is 4.19. The van der Waals surface area contributed by atoms with Gasteiger partial charge in [-0.3, -0.25) is 4.79 Å². The second-order valence-corrected chi connectivity index (χ2v) is 6.06. The van der Waals surface area contributed by atoms with E-state index in [-0.39, 0.29) is 5.91 Å². The maximum atomic E-state index is 12.2. The molecule has 1 unspecified atom stereocenters. The smallest absolute Gasteiger partial charge is 0.250 e. The second kappa shape index (κ2) is 7.72. The Bertz CT molecular complexity index is 525. The number of nitrogens with zero attached hydrogens (tertiary/aromatic N) is 3. The summed E-state index contributed by atoms with van der Waals surface area (Å²) >= 11 is 0. The van der Waals surface area contributed by atoms with E-state index in [1.807, 2.05) is 18.3 Å². The number of piperazine rings is 1. The van der Waals surface area contributed by atoms with Crippen molar-refractivity contribution in [1.82, 2.24) is 20.5 Å². The standard InChI is InChI=1S/C16H25N5O2/c1-20-6-8-21(9-7-20)15-13(3-2-4-18-15)11-19-16(22)14-12-17-5-10-23-14/h2-4,14,17H,5-12H2,1H3,(H,19,22). The first-order valence-electron chi connectivity index (χ1n) is 8.21. The molecular formula is C16H25N5O2. The van der Waals surface area contributed by atoms with Crippen molar-refractivity contribution < 1.29 is 9.53 Å². The van der Waals surface area contributed by atoms with E-state index in [1.54, 1.807) is 0 Å². The van der Waals surface area contributed by atoms with E-state index in [4.69, 9.17) is 4.74 Å². The second-order valence-electron chi connectivity index (χ2n) is 6.06. The first kappa shape index (κ1) is 16.2. The van der Waals surface area contributed by atoms with Crippen LogP contribution in [0.4, 0.5) is 5.82 Å². The van der Waals surface area contributed by atoms with Gasteiger partial charge in [0.15, 0.2) is 0 Å². The van der Waals surface area contributed by atoms with Gasteiger partial charge in [0.25, 0.3) is 5.91 Å². The summed E-state index contributed by atoms with van der Waals surface area (Å²) in [6, 6.07) is 3.95. The maximum Gasteiger partial charge on any atom is 0.250 e. The van der Waals surface area contributed by atoms with Crippen LogP contribution in [0.2, 0.25) is 0 Å². The summed E-state index contributed by atoms with van der Waals surface area (Å²) in [4.78, 5) is 21.3. The summed E-state index contributed by atoms with van der Waals surface area (Å²) in [6.07, 6.45) is 1.42. The largest absolute Gasteiger partial charge is 0.366 e. The van der Waals surface area contributed by atoms with E-state index in [0.717, 1.165) is 44.1 Å². The first-order chi connectivity index (χ1) is 11.2. The van der Waals surface area contributed by atoms with Crippen LogP contribution in [0.3, 0.4) is 0 Å². The number of hydrogen-bond acceptors (Lipinski definition) is 6. The molecule has 0 saturated carbocycles. The number of nitrogens with one attached hydrogen (secondary N) is 2. The van der Waals surface area contributed by atoms with Gasteiger partial charge in [-0.15, -0.1) is 0 Å². The molecule has 2 saturated heterocycles. The van der Waals surface area contributed by atoms with Crippen molar-refractivity contribution >= 4 is 11.7 Å². The van der Waals surface area contributed by atoms with Crippen molar-refractivity contribution in [3.63, 3.8) is 0 Å². The predicted octanol–water partition coefficient (Wildman–Crippen LogP) is -0.562. The fourth-order valence-electron chi connectivity index (χ4n) is 2.90. The van der Waals surface area contributed by atoms with Crippen molar-refractivity contribution in [2.75, 3.05) is 57.8 Å². The SMILES string of the molecule is CN1CCN(c2ncccc2CNC(=O)C2CNCCO2)CC1. The van der Waals surface area contributed by atoms with Gasteiger partial charge in [-0.05, 0) is 13.1 Å². The van der Waals surface area contributed by atoms with Crippen molar-refractivity contribution in [1.29, 1.82) is 0 Å². The fraction of sp³-hybridized carbons (Fsp3) is 0.625. The van der Waals surface area contributed by atoms with Gasteiger partial charge in [0.05, 0.1) is 6.61 Å². The van der Waals surface area contributed by atoms with Gasteiger partial charge in [-0.25, -0.2) is 4.98 Å². The van der Waals surface area contributed by atoms with Crippen LogP contribution in [-0.2, 0) is 16.1 Å². The maximum absolute atomic E-state index is 12.2. The van der Waals surface area contributed by atoms with Crippen LogP contribution in [0.1, 0.15) is 5.56 Å². The molecule has 2 fully saturated rings. The molecule has 3 heterocycles. The third-order valence-corrected chi connectivity index (χ3v) is 4.34. The Balaban J connectivity index is 1.60. The number of carbonyl (C=O) groups excluding carboxylic acids is 1. The van der Waals surface area contributed by atoms with E-state index in [0.29, 0.717) is 19.7 Å². The lowest BCUT2D eigenvalue weighted by molar-refractivity contribution is -0.134. The number of anilines is 1. The van der Waals surface area contributed by atoms with Gasteiger partial charge in [0, 0.05) is 57.6 Å². The topological polar surface area (TPSA) is 69.7 Å². The average molecular weight is 319 g/mol. The van der Waals surface area contributed by atoms with E-state index >= 15 is 0 Å². The van der Waals surface area contributed by atoms with Crippen LogP contribution in [0.15, 0.2) is 18.3 Å². The van der Waals surface area contributed by atoms with Gasteiger partial charge < -0.3 is 25.2 Å². The summed E-state index contributed by atoms with van der Waals surface area (Å²) in [7, 11) is 2.13. The molecule has 1 amide bonds. The van der Waals surface area contributed by atoms with Gasteiger partial charge in [0.2, 0.25) is 0 Å². The highest BCUT2D eigenvalue weighted by atomic mass is 16.5. The van der Waals surface area contributed by atoms with Crippen molar-refractivity contribution in [3.05, 3.63) is 23.9 Å². The van der Waals surface area contributed by atoms with Crippen LogP contribution in [0, 0.1) is 0 Å². The molecule has 7 heteroatoms. The molecule has 0 spiro atoms. The quantitative estimate of drug-likeness (QED) is 0.775. The van der Waals surface area contributed by atoms with Gasteiger partial charge in [-0.1, -0.05) is 6.07 Å². The highest BCUT2D eigenvalue weighted by Crippen LogP contribution is 2.18. The first-order valence-corrected chi connectivity index (χ1v) is 8.21. The lowest BCUT2D eigenvalue weighted by atomic mass is 10.2. The molecule has 7 nitrogen and oxygen atoms in total. The zero-order valence-corrected chi connectivity index (χ0v) is 13.6. The van der Waals surface area contributed by atoms with Gasteiger partial charge >= 0.3 is 0 Å². The number of hydrogen-bond donors (Lipinski definition) is 2. The van der Waals surface area contributed by atoms with Crippen LogP contribution in [0.5, 0.6) is 0 Å². The number of aromatic nitrogens is 1. The average Bonchev–Trinajstić information content (AvgIpc) is 2.61. The van der Waals surface area contributed by atoms with E-state index in [9.17, 15) is 4.79 Å². The molecule has 2 aliphatic heterocycles. The van der Waals surface area contributed by atoms with Gasteiger partial charge in [0.1, 0.15) is 11.9 Å². The molecule has 1 aromatic heterocycles. The number of pyridine rings is 1. The number of morpholine rings is 1. The molecule has 0 radical (unpaired) electrons. The Hall–Kier alpha value is -1.70. The van der Waals surface area contributed by atoms with Crippen molar-refractivity contribution in [2.24, 2.45) is 0 Å². The zero-order chi connectivity index (χ0) is 16.1. The molecule has 23 heavy (non-hydrogen) atoms. The highest BCUT2D eigenvalue weighted by molar-refractivity contribution is 5.81. The Labute approximate surface area is 137 Å². The van der Waals surface area contributed by atoms with Crippen LogP contribution in [0.25, 0.3) is 0 Å². The molecule has 2 N–H and O–H groups in total. The van der Waals surface area contributed by atoms with E-state index in [1.165, 1.54) is 0 Å². The summed E-state index contributed by atoms with van der Waals surface area (Å²) in [5.41, 5.74) is 1.05. The molecule has 1 aromatic rings. The Kier molecular flexibility index (Phi) is 5.43. The Morgan fingerprint density at radius 3 is 3.00 bits per heavy atom. The Morgan fingerprint density at radius 2 is 2.26 bits per heavy atom. The third-order valence-electron chi connectivity index (χ3n) is 4.34. The predicted molar refractivity (Wildman–Crippen MR) is 88.4 cm³/mol. The van der Waals surface area contributed by atoms with E-state index in [2.05, 4.69) is 32.5 Å². The lowest BCUT2D eigenvalue weighted by Crippen LogP contribution is -2.48. The Morgan fingerprint density at radius 1 is 1.43 bits per heavy atom. The molecule has 0 aliphatic carbocycles. The number of rotatable bonds is 4. The molecule has 2 aliphatic rings. The summed E-state index contributed by atoms with van der Waals surface area (Å²) in [6.45, 7) is 6.43. The minimum atomic E-state index is -0.396. The van der Waals surface area contributed by atoms with Crippen LogP contribution in [-0.4, -0.2) is 74.8 Å². The molecule has 0 aromatic carbocycles. The molecule has 126 valence electrons. The zero-order valence-electron chi connectivity index (χ0n) is 13.6. The van der Waals surface area contributed by atoms with Crippen molar-refractivity contribution in [2.45, 2.75) is 12.6 Å². The van der Waals surface area contributed by atoms with Gasteiger partial charge in [-0.2, -0.15) is 0 Å². The van der Waals surface area contributed by atoms with E-state index < -0.39 is 6.10 Å². The summed E-state index contributed by atoms with van der Waals surface area (Å²) < 4.78 is 5.48. The minimum absolute atomic E-state index is 0.0645. The van der Waals surface area contributed by atoms with Crippen molar-refractivity contribution in [3.8, 4) is 0 Å².